The molecule has 0 saturated heterocycles. The molecule has 0 unspecified atom stereocenters. The van der Waals surface area contributed by atoms with Gasteiger partial charge in [-0.25, -0.2) is 0 Å². The van der Waals surface area contributed by atoms with Crippen LogP contribution in [0.2, 0.25) is 0 Å². The summed E-state index contributed by atoms with van der Waals surface area (Å²) in [6, 6.07) is 0.524. The van der Waals surface area contributed by atoms with Gasteiger partial charge in [0.05, 0.1) is 12.3 Å². The first-order chi connectivity index (χ1) is 9.60. The molecular weight excluding hydrogens is 252 g/mol. The molecule has 116 valence electrons. The van der Waals surface area contributed by atoms with Crippen molar-refractivity contribution in [2.45, 2.75) is 46.2 Å². The van der Waals surface area contributed by atoms with E-state index in [0.717, 1.165) is 38.2 Å². The summed E-state index contributed by atoms with van der Waals surface area (Å²) in [4.78, 5) is 2.45. The molecule has 1 aromatic heterocycles. The van der Waals surface area contributed by atoms with Crippen LogP contribution in [-0.4, -0.2) is 43.1 Å². The van der Waals surface area contributed by atoms with Crippen molar-refractivity contribution in [2.24, 2.45) is 7.05 Å². The SMILES string of the molecule is CCC(CC)N(CCOC)c1c(CNC)c(C)nn1C. The number of hydrogen-bond acceptors (Lipinski definition) is 4. The first-order valence-corrected chi connectivity index (χ1v) is 7.53. The minimum absolute atomic E-state index is 0.524. The topological polar surface area (TPSA) is 42.3 Å². The molecule has 0 saturated carbocycles. The first-order valence-electron chi connectivity index (χ1n) is 7.53. The lowest BCUT2D eigenvalue weighted by Crippen LogP contribution is -2.39. The highest BCUT2D eigenvalue weighted by Gasteiger charge is 2.23. The van der Waals surface area contributed by atoms with Gasteiger partial charge < -0.3 is 15.0 Å². The summed E-state index contributed by atoms with van der Waals surface area (Å²) < 4.78 is 7.30. The van der Waals surface area contributed by atoms with E-state index in [9.17, 15) is 0 Å². The van der Waals surface area contributed by atoms with E-state index in [2.05, 4.69) is 36.1 Å². The fourth-order valence-corrected chi connectivity index (χ4v) is 2.81. The monoisotopic (exact) mass is 282 g/mol. The highest BCUT2D eigenvalue weighted by atomic mass is 16.5. The summed E-state index contributed by atoms with van der Waals surface area (Å²) in [5.41, 5.74) is 2.39. The number of nitrogens with zero attached hydrogens (tertiary/aromatic N) is 3. The van der Waals surface area contributed by atoms with Crippen LogP contribution in [0.4, 0.5) is 5.82 Å². The molecule has 0 aliphatic carbocycles. The Kier molecular flexibility index (Phi) is 7.02. The zero-order valence-corrected chi connectivity index (χ0v) is 13.9. The summed E-state index contributed by atoms with van der Waals surface area (Å²) >= 11 is 0. The Hall–Kier alpha value is -1.07. The van der Waals surface area contributed by atoms with Crippen molar-refractivity contribution in [1.29, 1.82) is 0 Å². The van der Waals surface area contributed by atoms with Gasteiger partial charge in [-0.3, -0.25) is 4.68 Å². The number of anilines is 1. The largest absolute Gasteiger partial charge is 0.383 e. The second kappa shape index (κ2) is 8.27. The predicted octanol–water partition coefficient (Wildman–Crippen LogP) is 2.09. The molecule has 1 rings (SSSR count). The average molecular weight is 282 g/mol. The van der Waals surface area contributed by atoms with E-state index in [1.165, 1.54) is 11.4 Å². The molecule has 0 spiro atoms. The summed E-state index contributed by atoms with van der Waals surface area (Å²) in [5.74, 6) is 1.22. The van der Waals surface area contributed by atoms with E-state index in [4.69, 9.17) is 4.74 Å². The second-order valence-corrected chi connectivity index (χ2v) is 5.20. The zero-order valence-electron chi connectivity index (χ0n) is 13.9. The molecule has 0 radical (unpaired) electrons. The van der Waals surface area contributed by atoms with E-state index in [0.29, 0.717) is 6.04 Å². The molecule has 0 aliphatic rings. The van der Waals surface area contributed by atoms with Crippen LogP contribution in [0.3, 0.4) is 0 Å². The second-order valence-electron chi connectivity index (χ2n) is 5.20. The Bertz CT molecular complexity index is 399. The fraction of sp³-hybridized carbons (Fsp3) is 0.800. The minimum Gasteiger partial charge on any atom is -0.383 e. The van der Waals surface area contributed by atoms with Gasteiger partial charge in [-0.05, 0) is 26.8 Å². The Labute approximate surface area is 123 Å². The third-order valence-electron chi connectivity index (χ3n) is 3.86. The predicted molar refractivity (Wildman–Crippen MR) is 84.3 cm³/mol. The molecule has 0 fully saturated rings. The van der Waals surface area contributed by atoms with Crippen LogP contribution in [-0.2, 0) is 18.3 Å². The fourth-order valence-electron chi connectivity index (χ4n) is 2.81. The smallest absolute Gasteiger partial charge is 0.131 e. The van der Waals surface area contributed by atoms with Crippen molar-refractivity contribution in [3.63, 3.8) is 0 Å². The van der Waals surface area contributed by atoms with Crippen LogP contribution in [0.1, 0.15) is 37.9 Å². The van der Waals surface area contributed by atoms with Crippen LogP contribution in [0.5, 0.6) is 0 Å². The van der Waals surface area contributed by atoms with Gasteiger partial charge in [-0.1, -0.05) is 13.8 Å². The molecule has 20 heavy (non-hydrogen) atoms. The van der Waals surface area contributed by atoms with E-state index in [1.54, 1.807) is 7.11 Å². The Balaban J connectivity index is 3.17. The van der Waals surface area contributed by atoms with Gasteiger partial charge in [-0.2, -0.15) is 5.10 Å². The third-order valence-corrected chi connectivity index (χ3v) is 3.86. The van der Waals surface area contributed by atoms with Crippen molar-refractivity contribution in [1.82, 2.24) is 15.1 Å². The minimum atomic E-state index is 0.524. The third kappa shape index (κ3) is 3.73. The molecule has 1 N–H and O–H groups in total. The summed E-state index contributed by atoms with van der Waals surface area (Å²) in [5, 5.41) is 7.86. The Morgan fingerprint density at radius 2 is 2.00 bits per heavy atom. The van der Waals surface area contributed by atoms with Crippen LogP contribution in [0.15, 0.2) is 0 Å². The van der Waals surface area contributed by atoms with Gasteiger partial charge in [0.2, 0.25) is 0 Å². The lowest BCUT2D eigenvalue weighted by atomic mass is 10.1. The van der Waals surface area contributed by atoms with Gasteiger partial charge >= 0.3 is 0 Å². The van der Waals surface area contributed by atoms with E-state index < -0.39 is 0 Å². The number of aromatic nitrogens is 2. The summed E-state index contributed by atoms with van der Waals surface area (Å²) in [7, 11) is 5.77. The van der Waals surface area contributed by atoms with Crippen molar-refractivity contribution in [3.8, 4) is 0 Å². The number of hydrogen-bond donors (Lipinski definition) is 1. The molecule has 5 nitrogen and oxygen atoms in total. The van der Waals surface area contributed by atoms with Gasteiger partial charge in [0.15, 0.2) is 0 Å². The molecule has 0 atom stereocenters. The van der Waals surface area contributed by atoms with Crippen molar-refractivity contribution >= 4 is 5.82 Å². The van der Waals surface area contributed by atoms with E-state index in [1.807, 2.05) is 18.8 Å². The van der Waals surface area contributed by atoms with Gasteiger partial charge in [0, 0.05) is 38.9 Å². The number of nitrogens with one attached hydrogen (secondary N) is 1. The highest BCUT2D eigenvalue weighted by Crippen LogP contribution is 2.26. The van der Waals surface area contributed by atoms with Crippen molar-refractivity contribution in [2.75, 3.05) is 32.2 Å². The lowest BCUT2D eigenvalue weighted by molar-refractivity contribution is 0.202. The average Bonchev–Trinajstić information content (AvgIpc) is 2.70. The maximum atomic E-state index is 5.29. The number of rotatable bonds is 9. The molecule has 0 bridgehead atoms. The van der Waals surface area contributed by atoms with Gasteiger partial charge in [0.1, 0.15) is 5.82 Å². The van der Waals surface area contributed by atoms with Gasteiger partial charge in [0.25, 0.3) is 0 Å². The summed E-state index contributed by atoms with van der Waals surface area (Å²) in [6.07, 6.45) is 2.26. The molecular formula is C15H30N4O. The van der Waals surface area contributed by atoms with Crippen LogP contribution in [0, 0.1) is 6.92 Å². The molecule has 1 heterocycles. The molecule has 0 aromatic carbocycles. The van der Waals surface area contributed by atoms with Crippen LogP contribution in [0.25, 0.3) is 0 Å². The number of aryl methyl sites for hydroxylation is 2. The maximum Gasteiger partial charge on any atom is 0.131 e. The van der Waals surface area contributed by atoms with Crippen LogP contribution >= 0.6 is 0 Å². The lowest BCUT2D eigenvalue weighted by Gasteiger charge is -2.33. The first kappa shape index (κ1) is 17.0. The molecule has 0 aliphatic heterocycles. The van der Waals surface area contributed by atoms with Gasteiger partial charge in [-0.15, -0.1) is 0 Å². The summed E-state index contributed by atoms with van der Waals surface area (Å²) in [6.45, 7) is 9.05. The van der Waals surface area contributed by atoms with E-state index in [-0.39, 0.29) is 0 Å². The van der Waals surface area contributed by atoms with Crippen LogP contribution < -0.4 is 10.2 Å². The number of methoxy groups -OCH3 is 1. The van der Waals surface area contributed by atoms with E-state index >= 15 is 0 Å². The molecule has 0 amide bonds. The molecule has 5 heteroatoms. The Morgan fingerprint density at radius 3 is 2.50 bits per heavy atom. The highest BCUT2D eigenvalue weighted by molar-refractivity contribution is 5.51. The van der Waals surface area contributed by atoms with Crippen molar-refractivity contribution in [3.05, 3.63) is 11.3 Å². The zero-order chi connectivity index (χ0) is 15.1. The number of ether oxygens (including phenoxy) is 1. The quantitative estimate of drug-likeness (QED) is 0.753. The molecule has 1 aromatic rings. The maximum absolute atomic E-state index is 5.29. The normalized spacial score (nSPS) is 11.3. The standard InChI is InChI=1S/C15H30N4O/c1-7-13(8-2)19(9-10-20-6)15-14(11-16-4)12(3)17-18(15)5/h13,16H,7-11H2,1-6H3. The Morgan fingerprint density at radius 1 is 1.35 bits per heavy atom. The van der Waals surface area contributed by atoms with Crippen molar-refractivity contribution < 1.29 is 4.74 Å².